The van der Waals surface area contributed by atoms with Gasteiger partial charge in [-0.1, -0.05) is 0 Å². The summed E-state index contributed by atoms with van der Waals surface area (Å²) in [6.07, 6.45) is 2.82. The summed E-state index contributed by atoms with van der Waals surface area (Å²) in [5, 5.41) is 1.47. The van der Waals surface area contributed by atoms with Gasteiger partial charge >= 0.3 is 62.6 Å². The molecular weight excluding hydrogens is 274 g/mol. The Kier molecular flexibility index (Phi) is 18.8. The van der Waals surface area contributed by atoms with E-state index < -0.39 is 7.82 Å². The zero-order chi connectivity index (χ0) is 8.62. The maximum Gasteiger partial charge on any atom is 2.00 e. The van der Waals surface area contributed by atoms with E-state index in [0.717, 1.165) is 0 Å². The van der Waals surface area contributed by atoms with Gasteiger partial charge in [-0.3, -0.25) is 0 Å². The molecule has 0 unspecified atom stereocenters. The number of unbranched alkanes of at least 4 members (excludes halogenated alkanes) is 1. The van der Waals surface area contributed by atoms with Crippen molar-refractivity contribution in [2.75, 3.05) is 0 Å². The minimum Gasteiger partial charge on any atom is -0.822 e. The van der Waals surface area contributed by atoms with Crippen LogP contribution in [0.1, 0.15) is 19.8 Å². The van der Waals surface area contributed by atoms with Gasteiger partial charge in [-0.25, -0.2) is 0 Å². The first-order chi connectivity index (χ1) is 4.41. The predicted octanol–water partition coefficient (Wildman–Crippen LogP) is -1.08. The maximum absolute atomic E-state index is 8.55. The Morgan fingerprint density at radius 2 is 1.64 bits per heavy atom. The van der Waals surface area contributed by atoms with Crippen LogP contribution in [0.25, 0.3) is 0 Å². The Hall–Kier alpha value is 1.36. The molecule has 0 atom stereocenters. The Balaban J connectivity index is -0.000000107. The van der Waals surface area contributed by atoms with Gasteiger partial charge in [0.2, 0.25) is 0 Å². The van der Waals surface area contributed by atoms with Crippen LogP contribution >= 0.6 is 7.82 Å². The standard InChI is InChI=1S/C4H9.H3O4P.2Zn/c1-3-4-2;1-5(2,3)4;;/h1,3-4H2,2H3;(H3,1,2,3,4);;/q;;+1;+2/p-3. The van der Waals surface area contributed by atoms with Gasteiger partial charge < -0.3 is 19.2 Å². The molecule has 0 saturated carbocycles. The second-order valence-corrected chi connectivity index (χ2v) is 4.03. The van der Waals surface area contributed by atoms with Crippen LogP contribution in [-0.2, 0) is 42.3 Å². The molecule has 7 heteroatoms. The third-order valence-corrected chi connectivity index (χ3v) is 1.65. The number of hydrogen-bond acceptors (Lipinski definition) is 4. The topological polar surface area (TPSA) is 86.2 Å². The fourth-order valence-electron chi connectivity index (χ4n) is 0.250. The van der Waals surface area contributed by atoms with Crippen molar-refractivity contribution in [2.24, 2.45) is 0 Å². The summed E-state index contributed by atoms with van der Waals surface area (Å²) >= 11 is 1.48. The van der Waals surface area contributed by atoms with Crippen LogP contribution < -0.4 is 14.7 Å². The van der Waals surface area contributed by atoms with Crippen molar-refractivity contribution in [3.63, 3.8) is 0 Å². The van der Waals surface area contributed by atoms with E-state index in [9.17, 15) is 0 Å². The molecule has 11 heavy (non-hydrogen) atoms. The van der Waals surface area contributed by atoms with Crippen molar-refractivity contribution in [1.29, 1.82) is 0 Å². The molecule has 0 aromatic carbocycles. The average Bonchev–Trinajstić information content (AvgIpc) is 1.63. The molecule has 0 aliphatic carbocycles. The molecule has 0 heterocycles. The Morgan fingerprint density at radius 3 is 1.64 bits per heavy atom. The van der Waals surface area contributed by atoms with Gasteiger partial charge in [0.1, 0.15) is 0 Å². The van der Waals surface area contributed by atoms with Crippen LogP contribution in [0.2, 0.25) is 5.02 Å². The summed E-state index contributed by atoms with van der Waals surface area (Å²) < 4.78 is 8.55. The quantitative estimate of drug-likeness (QED) is 0.476. The van der Waals surface area contributed by atoms with E-state index in [1.807, 2.05) is 0 Å². The molecule has 0 radical (unpaired) electrons. The summed E-state index contributed by atoms with van der Waals surface area (Å²) in [4.78, 5) is 25.6. The molecule has 0 aliphatic rings. The molecular formula is C4H9O4PZn2. The number of phosphoric acid groups is 1. The van der Waals surface area contributed by atoms with E-state index in [0.29, 0.717) is 0 Å². The Morgan fingerprint density at radius 1 is 1.36 bits per heavy atom. The van der Waals surface area contributed by atoms with E-state index in [2.05, 4.69) is 6.92 Å². The molecule has 0 aromatic rings. The molecule has 0 saturated heterocycles. The molecule has 0 aliphatic heterocycles. The number of rotatable bonds is 2. The average molecular weight is 283 g/mol. The first kappa shape index (κ1) is 18.2. The van der Waals surface area contributed by atoms with Gasteiger partial charge in [0.25, 0.3) is 0 Å². The van der Waals surface area contributed by atoms with Crippen molar-refractivity contribution in [1.82, 2.24) is 0 Å². The molecule has 0 bridgehead atoms. The minimum atomic E-state index is -5.39. The molecule has 4 nitrogen and oxygen atoms in total. The molecule has 0 spiro atoms. The Bertz CT molecular complexity index is 94.0. The number of hydrogen-bond donors (Lipinski definition) is 0. The monoisotopic (exact) mass is 280 g/mol. The second-order valence-electron chi connectivity index (χ2n) is 1.65. The third kappa shape index (κ3) is 88.2. The molecule has 0 rings (SSSR count). The van der Waals surface area contributed by atoms with Crippen LogP contribution in [-0.4, -0.2) is 0 Å². The molecule has 0 amide bonds. The van der Waals surface area contributed by atoms with Gasteiger partial charge in [-0.15, -0.1) is 0 Å². The van der Waals surface area contributed by atoms with E-state index in [1.54, 1.807) is 0 Å². The SMILES string of the molecule is CCC[CH2][Zn+].O=P([O-])([O-])[O-].[Zn+2]. The summed E-state index contributed by atoms with van der Waals surface area (Å²) in [6, 6.07) is 0. The van der Waals surface area contributed by atoms with Crippen molar-refractivity contribution in [2.45, 2.75) is 24.8 Å². The molecule has 58 valence electrons. The van der Waals surface area contributed by atoms with Gasteiger partial charge in [-0.05, 0) is 0 Å². The van der Waals surface area contributed by atoms with Crippen molar-refractivity contribution in [3.8, 4) is 0 Å². The van der Waals surface area contributed by atoms with Crippen molar-refractivity contribution >= 4 is 7.82 Å². The zero-order valence-corrected chi connectivity index (χ0v) is 13.4. The van der Waals surface area contributed by atoms with Crippen LogP contribution in [0, 0.1) is 0 Å². The largest absolute Gasteiger partial charge is 2.00 e. The normalized spacial score (nSPS) is 9.27. The summed E-state index contributed by atoms with van der Waals surface area (Å²) in [5.41, 5.74) is 0. The predicted molar refractivity (Wildman–Crippen MR) is 27.3 cm³/mol. The fourth-order valence-corrected chi connectivity index (χ4v) is 1.30. The molecule has 0 N–H and O–H groups in total. The van der Waals surface area contributed by atoms with Crippen LogP contribution in [0.3, 0.4) is 0 Å². The maximum atomic E-state index is 8.55. The van der Waals surface area contributed by atoms with Crippen LogP contribution in [0.5, 0.6) is 0 Å². The first-order valence-corrected chi connectivity index (χ1v) is 6.50. The van der Waals surface area contributed by atoms with E-state index >= 15 is 0 Å². The molecule has 0 fully saturated rings. The summed E-state index contributed by atoms with van der Waals surface area (Å²) in [7, 11) is -5.39. The fraction of sp³-hybridized carbons (Fsp3) is 1.00. The zero-order valence-electron chi connectivity index (χ0n) is 6.62. The first-order valence-electron chi connectivity index (χ1n) is 2.94. The smallest absolute Gasteiger partial charge is 0.822 e. The van der Waals surface area contributed by atoms with E-state index in [1.165, 1.54) is 36.2 Å². The second kappa shape index (κ2) is 11.4. The van der Waals surface area contributed by atoms with Crippen molar-refractivity contribution < 1.29 is 57.0 Å². The summed E-state index contributed by atoms with van der Waals surface area (Å²) in [6.45, 7) is 2.23. The van der Waals surface area contributed by atoms with E-state index in [-0.39, 0.29) is 19.5 Å². The van der Waals surface area contributed by atoms with Gasteiger partial charge in [0, 0.05) is 0 Å². The van der Waals surface area contributed by atoms with Crippen molar-refractivity contribution in [3.05, 3.63) is 0 Å². The summed E-state index contributed by atoms with van der Waals surface area (Å²) in [5.74, 6) is 0. The molecule has 0 aromatic heterocycles. The van der Waals surface area contributed by atoms with E-state index in [4.69, 9.17) is 19.2 Å². The minimum absolute atomic E-state index is 0. The van der Waals surface area contributed by atoms with Crippen LogP contribution in [0.4, 0.5) is 0 Å². The van der Waals surface area contributed by atoms with Gasteiger partial charge in [0.15, 0.2) is 0 Å². The van der Waals surface area contributed by atoms with Gasteiger partial charge in [-0.2, -0.15) is 7.82 Å². The Labute approximate surface area is 89.5 Å². The van der Waals surface area contributed by atoms with Crippen LogP contribution in [0.15, 0.2) is 0 Å². The third-order valence-electron chi connectivity index (χ3n) is 0.604. The van der Waals surface area contributed by atoms with Gasteiger partial charge in [0.05, 0.1) is 0 Å².